The molecule has 0 saturated carbocycles. The average molecular weight is 209 g/mol. The second kappa shape index (κ2) is 6.47. The van der Waals surface area contributed by atoms with Crippen molar-refractivity contribution in [1.82, 2.24) is 4.90 Å². The molecule has 0 aromatic heterocycles. The van der Waals surface area contributed by atoms with Gasteiger partial charge in [0.15, 0.2) is 0 Å². The fourth-order valence-electron chi connectivity index (χ4n) is 2.18. The van der Waals surface area contributed by atoms with Crippen LogP contribution in [-0.4, -0.2) is 35.1 Å². The summed E-state index contributed by atoms with van der Waals surface area (Å²) >= 11 is 0. The Kier molecular flexibility index (Phi) is 5.20. The number of terminal acetylenes is 1. The summed E-state index contributed by atoms with van der Waals surface area (Å²) in [5.74, 6) is 1.95. The first-order valence-corrected chi connectivity index (χ1v) is 5.63. The van der Waals surface area contributed by atoms with E-state index in [1.54, 1.807) is 0 Å². The van der Waals surface area contributed by atoms with Crippen LogP contribution in [0.1, 0.15) is 38.5 Å². The van der Waals surface area contributed by atoms with Gasteiger partial charge < -0.3 is 5.11 Å². The van der Waals surface area contributed by atoms with Gasteiger partial charge in [-0.3, -0.25) is 9.69 Å². The summed E-state index contributed by atoms with van der Waals surface area (Å²) in [4.78, 5) is 12.9. The lowest BCUT2D eigenvalue weighted by molar-refractivity contribution is -0.137. The Balaban J connectivity index is 2.36. The van der Waals surface area contributed by atoms with Gasteiger partial charge in [0.25, 0.3) is 0 Å². The molecule has 1 unspecified atom stereocenters. The van der Waals surface area contributed by atoms with Crippen molar-refractivity contribution in [1.29, 1.82) is 0 Å². The van der Waals surface area contributed by atoms with Gasteiger partial charge in [-0.25, -0.2) is 0 Å². The van der Waals surface area contributed by atoms with Crippen molar-refractivity contribution in [2.45, 2.75) is 44.6 Å². The summed E-state index contributed by atoms with van der Waals surface area (Å²) in [6.07, 6.45) is 10.6. The molecule has 1 fully saturated rings. The van der Waals surface area contributed by atoms with Crippen LogP contribution in [0.5, 0.6) is 0 Å². The van der Waals surface area contributed by atoms with Crippen molar-refractivity contribution in [3.8, 4) is 12.3 Å². The molecule has 15 heavy (non-hydrogen) atoms. The van der Waals surface area contributed by atoms with Crippen LogP contribution in [0.3, 0.4) is 0 Å². The van der Waals surface area contributed by atoms with E-state index in [0.717, 1.165) is 32.4 Å². The van der Waals surface area contributed by atoms with Gasteiger partial charge in [-0.1, -0.05) is 6.42 Å². The molecular weight excluding hydrogens is 190 g/mol. The van der Waals surface area contributed by atoms with Crippen LogP contribution in [0.15, 0.2) is 0 Å². The summed E-state index contributed by atoms with van der Waals surface area (Å²) < 4.78 is 0. The summed E-state index contributed by atoms with van der Waals surface area (Å²) in [6.45, 7) is 1.99. The molecule has 1 aliphatic rings. The number of piperidine rings is 1. The molecule has 0 aliphatic carbocycles. The first-order valence-electron chi connectivity index (χ1n) is 5.63. The molecule has 0 amide bonds. The molecule has 1 rings (SSSR count). The van der Waals surface area contributed by atoms with Crippen molar-refractivity contribution >= 4 is 5.97 Å². The molecule has 1 atom stereocenters. The minimum Gasteiger partial charge on any atom is -0.481 e. The van der Waals surface area contributed by atoms with Crippen LogP contribution in [-0.2, 0) is 4.79 Å². The van der Waals surface area contributed by atoms with Gasteiger partial charge in [0, 0.05) is 25.4 Å². The van der Waals surface area contributed by atoms with Crippen molar-refractivity contribution in [2.24, 2.45) is 0 Å². The SMILES string of the molecule is C#CCCN1CCCCC1CCC(=O)O. The van der Waals surface area contributed by atoms with Crippen molar-refractivity contribution < 1.29 is 9.90 Å². The Hall–Kier alpha value is -1.01. The van der Waals surface area contributed by atoms with Crippen LogP contribution in [0.2, 0.25) is 0 Å². The van der Waals surface area contributed by atoms with Crippen molar-refractivity contribution in [3.63, 3.8) is 0 Å². The van der Waals surface area contributed by atoms with Gasteiger partial charge >= 0.3 is 5.97 Å². The largest absolute Gasteiger partial charge is 0.481 e. The number of hydrogen-bond acceptors (Lipinski definition) is 2. The lowest BCUT2D eigenvalue weighted by Crippen LogP contribution is -2.40. The quantitative estimate of drug-likeness (QED) is 0.701. The molecule has 84 valence electrons. The number of nitrogens with zero attached hydrogens (tertiary/aromatic N) is 1. The second-order valence-electron chi connectivity index (χ2n) is 4.07. The maximum atomic E-state index is 10.5. The first kappa shape index (κ1) is 12.1. The van der Waals surface area contributed by atoms with Crippen LogP contribution in [0.4, 0.5) is 0 Å². The highest BCUT2D eigenvalue weighted by Gasteiger charge is 2.21. The van der Waals surface area contributed by atoms with E-state index in [1.807, 2.05) is 0 Å². The van der Waals surface area contributed by atoms with E-state index in [2.05, 4.69) is 10.8 Å². The smallest absolute Gasteiger partial charge is 0.303 e. The summed E-state index contributed by atoms with van der Waals surface area (Å²) in [6, 6.07) is 0.434. The third-order valence-corrected chi connectivity index (χ3v) is 2.98. The Labute approximate surface area is 91.5 Å². The molecule has 1 aliphatic heterocycles. The highest BCUT2D eigenvalue weighted by molar-refractivity contribution is 5.66. The van der Waals surface area contributed by atoms with Gasteiger partial charge in [-0.2, -0.15) is 0 Å². The molecule has 0 radical (unpaired) electrons. The third-order valence-electron chi connectivity index (χ3n) is 2.98. The minimum absolute atomic E-state index is 0.275. The number of carboxylic acid groups (broad SMARTS) is 1. The Bertz CT molecular complexity index is 244. The van der Waals surface area contributed by atoms with Crippen molar-refractivity contribution in [2.75, 3.05) is 13.1 Å². The van der Waals surface area contributed by atoms with Gasteiger partial charge in [0.05, 0.1) is 0 Å². The lowest BCUT2D eigenvalue weighted by Gasteiger charge is -2.35. The zero-order chi connectivity index (χ0) is 11.1. The number of aliphatic carboxylic acids is 1. The average Bonchev–Trinajstić information content (AvgIpc) is 2.24. The van der Waals surface area contributed by atoms with Gasteiger partial charge in [0.1, 0.15) is 0 Å². The topological polar surface area (TPSA) is 40.5 Å². The summed E-state index contributed by atoms with van der Waals surface area (Å²) in [5.41, 5.74) is 0. The fourth-order valence-corrected chi connectivity index (χ4v) is 2.18. The van der Waals surface area contributed by atoms with E-state index >= 15 is 0 Å². The maximum Gasteiger partial charge on any atom is 0.303 e. The predicted octanol–water partition coefficient (Wildman–Crippen LogP) is 1.73. The molecule has 1 N–H and O–H groups in total. The molecular formula is C12H19NO2. The molecule has 1 heterocycles. The van der Waals surface area contributed by atoms with Crippen LogP contribution in [0, 0.1) is 12.3 Å². The molecule has 0 spiro atoms. The monoisotopic (exact) mass is 209 g/mol. The van der Waals surface area contributed by atoms with Gasteiger partial charge in [0.2, 0.25) is 0 Å². The highest BCUT2D eigenvalue weighted by atomic mass is 16.4. The third kappa shape index (κ3) is 4.35. The number of hydrogen-bond donors (Lipinski definition) is 1. The van der Waals surface area contributed by atoms with E-state index in [-0.39, 0.29) is 6.42 Å². The van der Waals surface area contributed by atoms with E-state index in [9.17, 15) is 4.79 Å². The van der Waals surface area contributed by atoms with Crippen molar-refractivity contribution in [3.05, 3.63) is 0 Å². The lowest BCUT2D eigenvalue weighted by atomic mass is 9.98. The first-order chi connectivity index (χ1) is 7.24. The normalized spacial score (nSPS) is 22.2. The molecule has 0 bridgehead atoms. The zero-order valence-corrected chi connectivity index (χ0v) is 9.11. The number of carbonyl (C=O) groups is 1. The Morgan fingerprint density at radius 1 is 1.53 bits per heavy atom. The van der Waals surface area contributed by atoms with Crippen LogP contribution < -0.4 is 0 Å². The van der Waals surface area contributed by atoms with E-state index in [4.69, 9.17) is 11.5 Å². The van der Waals surface area contributed by atoms with Crippen LogP contribution >= 0.6 is 0 Å². The van der Waals surface area contributed by atoms with Crippen LogP contribution in [0.25, 0.3) is 0 Å². The summed E-state index contributed by atoms with van der Waals surface area (Å²) in [7, 11) is 0. The minimum atomic E-state index is -0.697. The Morgan fingerprint density at radius 2 is 2.33 bits per heavy atom. The molecule has 0 aromatic rings. The number of rotatable bonds is 5. The van der Waals surface area contributed by atoms with E-state index < -0.39 is 5.97 Å². The highest BCUT2D eigenvalue weighted by Crippen LogP contribution is 2.20. The fraction of sp³-hybridized carbons (Fsp3) is 0.750. The molecule has 0 aromatic carbocycles. The summed E-state index contributed by atoms with van der Waals surface area (Å²) in [5, 5.41) is 8.66. The standard InChI is InChI=1S/C12H19NO2/c1-2-3-9-13-10-5-4-6-11(13)7-8-12(14)15/h1,11H,3-10H2,(H,14,15). The molecule has 3 heteroatoms. The molecule has 3 nitrogen and oxygen atoms in total. The number of likely N-dealkylation sites (tertiary alicyclic amines) is 1. The van der Waals surface area contributed by atoms with E-state index in [0.29, 0.717) is 6.04 Å². The Morgan fingerprint density at radius 3 is 3.00 bits per heavy atom. The van der Waals surface area contributed by atoms with Gasteiger partial charge in [-0.05, 0) is 25.8 Å². The predicted molar refractivity (Wildman–Crippen MR) is 59.5 cm³/mol. The second-order valence-corrected chi connectivity index (χ2v) is 4.07. The van der Waals surface area contributed by atoms with E-state index in [1.165, 1.54) is 12.8 Å². The molecule has 1 saturated heterocycles. The number of carboxylic acids is 1. The zero-order valence-electron chi connectivity index (χ0n) is 9.11. The maximum absolute atomic E-state index is 10.5. The van der Waals surface area contributed by atoms with Gasteiger partial charge in [-0.15, -0.1) is 12.3 Å².